The molecule has 1 aromatic rings. The second-order valence-electron chi connectivity index (χ2n) is 4.79. The molecular weight excluding hydrogens is 279 g/mol. The summed E-state index contributed by atoms with van der Waals surface area (Å²) in [6.07, 6.45) is 3.43. The van der Waals surface area contributed by atoms with Crippen molar-refractivity contribution in [3.63, 3.8) is 0 Å². The zero-order valence-electron chi connectivity index (χ0n) is 12.1. The number of nitrogens with zero attached hydrogens (tertiary/aromatic N) is 1. The fraction of sp³-hybridized carbons (Fsp3) is 0.643. The molecule has 1 aromatic heterocycles. The van der Waals surface area contributed by atoms with Crippen LogP contribution in [0.1, 0.15) is 44.8 Å². The number of pyridine rings is 1. The van der Waals surface area contributed by atoms with Crippen LogP contribution in [0.5, 0.6) is 0 Å². The van der Waals surface area contributed by atoms with E-state index in [2.05, 4.69) is 17.2 Å². The van der Waals surface area contributed by atoms with E-state index in [1.165, 1.54) is 12.3 Å². The Morgan fingerprint density at radius 2 is 2.10 bits per heavy atom. The van der Waals surface area contributed by atoms with Gasteiger partial charge in [0.05, 0.1) is 17.6 Å². The highest BCUT2D eigenvalue weighted by Gasteiger charge is 2.14. The first-order chi connectivity index (χ1) is 9.48. The minimum absolute atomic E-state index is 0.0254. The summed E-state index contributed by atoms with van der Waals surface area (Å²) in [5, 5.41) is 3.33. The van der Waals surface area contributed by atoms with Gasteiger partial charge in [0.25, 0.3) is 0 Å². The fourth-order valence-corrected chi connectivity index (χ4v) is 2.81. The van der Waals surface area contributed by atoms with Gasteiger partial charge in [-0.3, -0.25) is 4.98 Å². The molecule has 0 amide bonds. The summed E-state index contributed by atoms with van der Waals surface area (Å²) in [6, 6.07) is 3.01. The molecule has 0 bridgehead atoms. The molecule has 1 unspecified atom stereocenters. The van der Waals surface area contributed by atoms with Crippen molar-refractivity contribution in [2.45, 2.75) is 39.2 Å². The van der Waals surface area contributed by atoms with Crippen molar-refractivity contribution in [1.29, 1.82) is 0 Å². The van der Waals surface area contributed by atoms with E-state index in [-0.39, 0.29) is 23.4 Å². The zero-order chi connectivity index (χ0) is 15.0. The number of hydrogen-bond acceptors (Lipinski definition) is 4. The minimum atomic E-state index is -2.93. The number of rotatable bonds is 9. The van der Waals surface area contributed by atoms with E-state index in [0.717, 1.165) is 18.7 Å². The van der Waals surface area contributed by atoms with E-state index in [0.29, 0.717) is 12.8 Å². The molecule has 114 valence electrons. The van der Waals surface area contributed by atoms with Crippen molar-refractivity contribution < 1.29 is 12.8 Å². The molecule has 6 heteroatoms. The molecule has 0 radical (unpaired) electrons. The third-order valence-electron chi connectivity index (χ3n) is 3.14. The van der Waals surface area contributed by atoms with Crippen molar-refractivity contribution in [3.05, 3.63) is 29.8 Å². The molecule has 1 heterocycles. The molecular formula is C14H23FN2O2S. The van der Waals surface area contributed by atoms with Crippen LogP contribution >= 0.6 is 0 Å². The third kappa shape index (κ3) is 5.96. The second kappa shape index (κ2) is 8.32. The number of aromatic nitrogens is 1. The van der Waals surface area contributed by atoms with Crippen LogP contribution in [0.4, 0.5) is 4.39 Å². The summed E-state index contributed by atoms with van der Waals surface area (Å²) >= 11 is 0. The van der Waals surface area contributed by atoms with E-state index in [4.69, 9.17) is 0 Å². The lowest BCUT2D eigenvalue weighted by molar-refractivity contribution is 0.480. The average molecular weight is 302 g/mol. The van der Waals surface area contributed by atoms with E-state index in [1.807, 2.05) is 0 Å². The standard InChI is InChI=1S/C14H23FN2O2S/c1-3-9-16-13(6-5-10-20(18,19)4-2)14-8-7-12(15)11-17-14/h7-8,11,13,16H,3-6,9-10H2,1-2H3. The molecule has 0 aliphatic rings. The number of nitrogens with one attached hydrogen (secondary N) is 1. The first kappa shape index (κ1) is 17.0. The lowest BCUT2D eigenvalue weighted by Crippen LogP contribution is -2.24. The van der Waals surface area contributed by atoms with Gasteiger partial charge in [-0.05, 0) is 37.9 Å². The van der Waals surface area contributed by atoms with E-state index >= 15 is 0 Å². The maximum Gasteiger partial charge on any atom is 0.150 e. The summed E-state index contributed by atoms with van der Waals surface area (Å²) < 4.78 is 35.9. The highest BCUT2D eigenvalue weighted by atomic mass is 32.2. The molecule has 0 aliphatic carbocycles. The lowest BCUT2D eigenvalue weighted by Gasteiger charge is -2.18. The van der Waals surface area contributed by atoms with Gasteiger partial charge < -0.3 is 5.32 Å². The van der Waals surface area contributed by atoms with Gasteiger partial charge in [-0.2, -0.15) is 0 Å². The second-order valence-corrected chi connectivity index (χ2v) is 7.26. The molecule has 0 fully saturated rings. The molecule has 20 heavy (non-hydrogen) atoms. The Morgan fingerprint density at radius 3 is 2.65 bits per heavy atom. The molecule has 0 saturated heterocycles. The van der Waals surface area contributed by atoms with Crippen LogP contribution in [0.3, 0.4) is 0 Å². The van der Waals surface area contributed by atoms with Gasteiger partial charge in [-0.15, -0.1) is 0 Å². The highest BCUT2D eigenvalue weighted by Crippen LogP contribution is 2.17. The highest BCUT2D eigenvalue weighted by molar-refractivity contribution is 7.91. The zero-order valence-corrected chi connectivity index (χ0v) is 12.9. The van der Waals surface area contributed by atoms with Crippen LogP contribution in [-0.4, -0.2) is 31.5 Å². The molecule has 0 spiro atoms. The molecule has 0 saturated carbocycles. The Hall–Kier alpha value is -1.01. The summed E-state index contributed by atoms with van der Waals surface area (Å²) in [5.41, 5.74) is 0.758. The lowest BCUT2D eigenvalue weighted by atomic mass is 10.1. The Balaban J connectivity index is 2.62. The smallest absolute Gasteiger partial charge is 0.150 e. The van der Waals surface area contributed by atoms with Crippen LogP contribution in [0.25, 0.3) is 0 Å². The topological polar surface area (TPSA) is 59.1 Å². The largest absolute Gasteiger partial charge is 0.309 e. The van der Waals surface area contributed by atoms with Gasteiger partial charge >= 0.3 is 0 Å². The number of halogens is 1. The van der Waals surface area contributed by atoms with Crippen molar-refractivity contribution in [3.8, 4) is 0 Å². The Kier molecular flexibility index (Phi) is 7.09. The third-order valence-corrected chi connectivity index (χ3v) is 4.93. The maximum atomic E-state index is 12.9. The summed E-state index contributed by atoms with van der Waals surface area (Å²) in [4.78, 5) is 4.08. The van der Waals surface area contributed by atoms with E-state index in [9.17, 15) is 12.8 Å². The Bertz CT molecular complexity index is 488. The monoisotopic (exact) mass is 302 g/mol. The predicted molar refractivity (Wildman–Crippen MR) is 78.8 cm³/mol. The van der Waals surface area contributed by atoms with Gasteiger partial charge in [0.15, 0.2) is 0 Å². The fourth-order valence-electron chi connectivity index (χ4n) is 1.92. The summed E-state index contributed by atoms with van der Waals surface area (Å²) in [5.74, 6) is 0.000630. The van der Waals surface area contributed by atoms with Gasteiger partial charge in [0.2, 0.25) is 0 Å². The molecule has 0 aromatic carbocycles. The number of hydrogen-bond donors (Lipinski definition) is 1. The van der Waals surface area contributed by atoms with Gasteiger partial charge in [0.1, 0.15) is 15.7 Å². The minimum Gasteiger partial charge on any atom is -0.309 e. The first-order valence-electron chi connectivity index (χ1n) is 7.03. The average Bonchev–Trinajstić information content (AvgIpc) is 2.43. The Labute approximate surface area is 120 Å². The van der Waals surface area contributed by atoms with Crippen LogP contribution in [0.2, 0.25) is 0 Å². The molecule has 0 aliphatic heterocycles. The predicted octanol–water partition coefficient (Wildman–Crippen LogP) is 2.48. The first-order valence-corrected chi connectivity index (χ1v) is 8.86. The van der Waals surface area contributed by atoms with E-state index in [1.54, 1.807) is 13.0 Å². The maximum absolute atomic E-state index is 12.9. The van der Waals surface area contributed by atoms with Crippen LogP contribution in [0.15, 0.2) is 18.3 Å². The van der Waals surface area contributed by atoms with Gasteiger partial charge in [-0.1, -0.05) is 13.8 Å². The van der Waals surface area contributed by atoms with Crippen LogP contribution in [-0.2, 0) is 9.84 Å². The number of sulfone groups is 1. The molecule has 4 nitrogen and oxygen atoms in total. The van der Waals surface area contributed by atoms with Gasteiger partial charge in [-0.25, -0.2) is 12.8 Å². The quantitative estimate of drug-likeness (QED) is 0.761. The van der Waals surface area contributed by atoms with E-state index < -0.39 is 9.84 Å². The van der Waals surface area contributed by atoms with Crippen LogP contribution in [0, 0.1) is 5.82 Å². The molecule has 1 atom stereocenters. The SMILES string of the molecule is CCCNC(CCCS(=O)(=O)CC)c1ccc(F)cn1. The van der Waals surface area contributed by atoms with Crippen molar-refractivity contribution in [1.82, 2.24) is 10.3 Å². The van der Waals surface area contributed by atoms with Crippen molar-refractivity contribution in [2.75, 3.05) is 18.1 Å². The molecule has 1 rings (SSSR count). The summed E-state index contributed by atoms with van der Waals surface area (Å²) in [7, 11) is -2.93. The van der Waals surface area contributed by atoms with Crippen molar-refractivity contribution in [2.24, 2.45) is 0 Å². The normalized spacial score (nSPS) is 13.3. The molecule has 1 N–H and O–H groups in total. The van der Waals surface area contributed by atoms with Crippen LogP contribution < -0.4 is 5.32 Å². The van der Waals surface area contributed by atoms with Gasteiger partial charge in [0, 0.05) is 11.8 Å². The Morgan fingerprint density at radius 1 is 1.35 bits per heavy atom. The van der Waals surface area contributed by atoms with Crippen molar-refractivity contribution >= 4 is 9.84 Å². The summed E-state index contributed by atoms with van der Waals surface area (Å²) in [6.45, 7) is 4.54.